The molecule has 2 aromatic rings. The van der Waals surface area contributed by atoms with Crippen LogP contribution < -0.4 is 16.4 Å². The van der Waals surface area contributed by atoms with Crippen molar-refractivity contribution in [1.29, 1.82) is 0 Å². The average molecular weight is 617 g/mol. The molecular formula is C30H39F3N8O3. The average Bonchev–Trinajstić information content (AvgIpc) is 3.67. The van der Waals surface area contributed by atoms with Gasteiger partial charge in [-0.3, -0.25) is 14.4 Å². The molecule has 0 radical (unpaired) electrons. The molecule has 11 nitrogen and oxygen atoms in total. The number of nitrogens with one attached hydrogen (secondary N) is 2. The summed E-state index contributed by atoms with van der Waals surface area (Å²) >= 11 is 0. The Balaban J connectivity index is 1.29. The first kappa shape index (κ1) is 31.5. The predicted octanol–water partition coefficient (Wildman–Crippen LogP) is 3.46. The van der Waals surface area contributed by atoms with Gasteiger partial charge in [0.2, 0.25) is 17.8 Å². The monoisotopic (exact) mass is 616 g/mol. The normalized spacial score (nSPS) is 23.0. The number of piperidine rings is 1. The highest BCUT2D eigenvalue weighted by molar-refractivity contribution is 5.94. The summed E-state index contributed by atoms with van der Waals surface area (Å²) in [6.07, 6.45) is 0.505. The molecule has 3 aliphatic rings. The van der Waals surface area contributed by atoms with Crippen molar-refractivity contribution in [3.8, 4) is 0 Å². The fraction of sp³-hybridized carbons (Fsp3) is 0.567. The first-order valence-electron chi connectivity index (χ1n) is 15.1. The summed E-state index contributed by atoms with van der Waals surface area (Å²) in [5.74, 6) is -2.07. The van der Waals surface area contributed by atoms with Crippen LogP contribution in [0, 0.1) is 5.92 Å². The lowest BCUT2D eigenvalue weighted by atomic mass is 10.0. The number of primary amides is 1. The van der Waals surface area contributed by atoms with Crippen LogP contribution in [0.3, 0.4) is 0 Å². The molecule has 3 atom stereocenters. The van der Waals surface area contributed by atoms with Crippen molar-refractivity contribution < 1.29 is 27.6 Å². The number of hydrogen-bond donors (Lipinski definition) is 3. The van der Waals surface area contributed by atoms with Gasteiger partial charge in [-0.05, 0) is 82.9 Å². The van der Waals surface area contributed by atoms with Crippen molar-refractivity contribution in [1.82, 2.24) is 24.7 Å². The van der Waals surface area contributed by atoms with Gasteiger partial charge in [-0.25, -0.2) is 4.98 Å². The number of likely N-dealkylation sites (tertiary alicyclic amines) is 2. The molecule has 1 aliphatic carbocycles. The molecule has 1 saturated carbocycles. The number of nitrogens with zero attached hydrogens (tertiary/aromatic N) is 5. The number of carbonyl (C=O) groups excluding carboxylic acids is 3. The van der Waals surface area contributed by atoms with E-state index in [9.17, 15) is 27.6 Å². The lowest BCUT2D eigenvalue weighted by Gasteiger charge is -2.35. The number of amides is 3. The Kier molecular flexibility index (Phi) is 9.28. The van der Waals surface area contributed by atoms with E-state index in [1.54, 1.807) is 36.2 Å². The number of aromatic nitrogens is 2. The van der Waals surface area contributed by atoms with Crippen molar-refractivity contribution in [3.05, 3.63) is 41.6 Å². The highest BCUT2D eigenvalue weighted by Crippen LogP contribution is 2.37. The van der Waals surface area contributed by atoms with Gasteiger partial charge in [0.15, 0.2) is 0 Å². The fourth-order valence-corrected chi connectivity index (χ4v) is 6.48. The van der Waals surface area contributed by atoms with Crippen LogP contribution in [0.4, 0.5) is 30.6 Å². The second-order valence-electron chi connectivity index (χ2n) is 12.0. The van der Waals surface area contributed by atoms with Gasteiger partial charge in [0.1, 0.15) is 17.4 Å². The molecule has 2 aliphatic heterocycles. The van der Waals surface area contributed by atoms with Crippen molar-refractivity contribution in [3.63, 3.8) is 0 Å². The van der Waals surface area contributed by atoms with Crippen molar-refractivity contribution in [2.24, 2.45) is 11.7 Å². The second-order valence-corrected chi connectivity index (χ2v) is 12.0. The molecule has 5 rings (SSSR count). The van der Waals surface area contributed by atoms with E-state index in [4.69, 9.17) is 5.73 Å². The fourth-order valence-electron chi connectivity index (χ4n) is 6.48. The number of halogens is 3. The largest absolute Gasteiger partial charge is 0.421 e. The number of hydrogen-bond acceptors (Lipinski definition) is 8. The van der Waals surface area contributed by atoms with Gasteiger partial charge in [-0.15, -0.1) is 0 Å². The molecule has 1 aromatic carbocycles. The van der Waals surface area contributed by atoms with Gasteiger partial charge in [0.25, 0.3) is 5.91 Å². The third kappa shape index (κ3) is 6.90. The SMILES string of the molecule is CN1CCC(N(C)C(=O)c2ccc(Nc3ncc(C(F)(F)F)c(N[C@@H]4CCC[C@@H]4C(=O)N4CCC[C@@H]4C(N)=O)n3)cc2)CC1. The van der Waals surface area contributed by atoms with Crippen LogP contribution in [0.1, 0.15) is 60.9 Å². The van der Waals surface area contributed by atoms with Crippen LogP contribution in [0.5, 0.6) is 0 Å². The molecule has 44 heavy (non-hydrogen) atoms. The maximum absolute atomic E-state index is 14.0. The van der Waals surface area contributed by atoms with Gasteiger partial charge < -0.3 is 31.1 Å². The van der Waals surface area contributed by atoms with E-state index in [-0.39, 0.29) is 23.8 Å². The van der Waals surface area contributed by atoms with Crippen LogP contribution in [0.15, 0.2) is 30.5 Å². The molecule has 0 unspecified atom stereocenters. The Morgan fingerprint density at radius 1 is 1.00 bits per heavy atom. The molecular weight excluding hydrogens is 577 g/mol. The third-order valence-electron chi connectivity index (χ3n) is 9.06. The zero-order valence-electron chi connectivity index (χ0n) is 24.9. The molecule has 14 heteroatoms. The summed E-state index contributed by atoms with van der Waals surface area (Å²) in [5.41, 5.74) is 5.43. The Bertz CT molecular complexity index is 1360. The first-order chi connectivity index (χ1) is 20.9. The minimum atomic E-state index is -4.73. The van der Waals surface area contributed by atoms with Crippen LogP contribution in [0.2, 0.25) is 0 Å². The first-order valence-corrected chi connectivity index (χ1v) is 15.1. The van der Waals surface area contributed by atoms with Gasteiger partial charge in [0.05, 0.1) is 5.92 Å². The van der Waals surface area contributed by atoms with Crippen LogP contribution in [0.25, 0.3) is 0 Å². The molecule has 3 fully saturated rings. The molecule has 4 N–H and O–H groups in total. The van der Waals surface area contributed by atoms with E-state index in [0.29, 0.717) is 56.1 Å². The van der Waals surface area contributed by atoms with E-state index in [1.807, 2.05) is 0 Å². The van der Waals surface area contributed by atoms with Gasteiger partial charge >= 0.3 is 6.18 Å². The lowest BCUT2D eigenvalue weighted by molar-refractivity contribution is -0.140. The zero-order valence-corrected chi connectivity index (χ0v) is 24.9. The Hall–Kier alpha value is -3.94. The van der Waals surface area contributed by atoms with E-state index >= 15 is 0 Å². The third-order valence-corrected chi connectivity index (χ3v) is 9.06. The van der Waals surface area contributed by atoms with Crippen LogP contribution >= 0.6 is 0 Å². The number of anilines is 3. The van der Waals surface area contributed by atoms with Crippen LogP contribution in [-0.4, -0.2) is 94.2 Å². The van der Waals surface area contributed by atoms with Crippen molar-refractivity contribution >= 4 is 35.2 Å². The molecule has 1 aromatic heterocycles. The topological polar surface area (TPSA) is 137 Å². The van der Waals surface area contributed by atoms with Gasteiger partial charge in [-0.1, -0.05) is 6.42 Å². The molecule has 3 amide bonds. The standard InChI is InChI=1S/C30H39F3N8O3/c1-39-15-12-20(13-16-39)40(2)27(43)18-8-10-19(11-9-18)36-29-35-17-22(30(31,32)33)26(38-29)37-23-6-3-5-21(23)28(44)41-14-4-7-24(41)25(34)42/h8-11,17,20-21,23-24H,3-7,12-16H2,1-2H3,(H2,34,42)(H2,35,36,37,38)/t21-,23+,24+/m0/s1. The molecule has 0 spiro atoms. The smallest absolute Gasteiger partial charge is 0.368 e. The van der Waals surface area contributed by atoms with E-state index in [2.05, 4.69) is 32.5 Å². The number of alkyl halides is 3. The number of benzene rings is 1. The van der Waals surface area contributed by atoms with Crippen molar-refractivity contribution in [2.75, 3.05) is 44.4 Å². The van der Waals surface area contributed by atoms with E-state index < -0.39 is 41.5 Å². The Morgan fingerprint density at radius 3 is 2.36 bits per heavy atom. The Labute approximate surface area is 254 Å². The highest BCUT2D eigenvalue weighted by atomic mass is 19.4. The molecule has 238 valence electrons. The maximum atomic E-state index is 14.0. The van der Waals surface area contributed by atoms with Crippen LogP contribution in [-0.2, 0) is 15.8 Å². The number of rotatable bonds is 8. The number of nitrogens with two attached hydrogens (primary N) is 1. The molecule has 2 saturated heterocycles. The molecule has 0 bridgehead atoms. The quantitative estimate of drug-likeness (QED) is 0.410. The summed E-state index contributed by atoms with van der Waals surface area (Å²) in [4.78, 5) is 51.8. The zero-order chi connectivity index (χ0) is 31.6. The lowest BCUT2D eigenvalue weighted by Crippen LogP contribution is -2.48. The summed E-state index contributed by atoms with van der Waals surface area (Å²) in [6.45, 7) is 2.26. The second kappa shape index (κ2) is 13.0. The minimum absolute atomic E-state index is 0.0720. The number of carbonyl (C=O) groups is 3. The minimum Gasteiger partial charge on any atom is -0.368 e. The van der Waals surface area contributed by atoms with Gasteiger partial charge in [0, 0.05) is 43.1 Å². The van der Waals surface area contributed by atoms with E-state index in [1.165, 1.54) is 4.90 Å². The van der Waals surface area contributed by atoms with Crippen molar-refractivity contribution in [2.45, 2.75) is 69.2 Å². The van der Waals surface area contributed by atoms with E-state index in [0.717, 1.165) is 25.9 Å². The molecule has 3 heterocycles. The summed E-state index contributed by atoms with van der Waals surface area (Å²) in [5, 5.41) is 5.81. The predicted molar refractivity (Wildman–Crippen MR) is 158 cm³/mol. The summed E-state index contributed by atoms with van der Waals surface area (Å²) < 4.78 is 41.9. The summed E-state index contributed by atoms with van der Waals surface area (Å²) in [7, 11) is 3.87. The highest BCUT2D eigenvalue weighted by Gasteiger charge is 2.42. The van der Waals surface area contributed by atoms with Gasteiger partial charge in [-0.2, -0.15) is 18.2 Å². The summed E-state index contributed by atoms with van der Waals surface area (Å²) in [6, 6.07) is 5.49. The Morgan fingerprint density at radius 2 is 1.70 bits per heavy atom. The maximum Gasteiger partial charge on any atom is 0.421 e.